The first-order chi connectivity index (χ1) is 13.0. The summed E-state index contributed by atoms with van der Waals surface area (Å²) in [5.41, 5.74) is -0.450. The lowest BCUT2D eigenvalue weighted by atomic mass is 10.1. The van der Waals surface area contributed by atoms with Crippen LogP contribution in [-0.2, 0) is 19.1 Å². The van der Waals surface area contributed by atoms with E-state index < -0.39 is 0 Å². The van der Waals surface area contributed by atoms with Crippen LogP contribution in [0.2, 0.25) is 0 Å². The third-order valence-electron chi connectivity index (χ3n) is 4.14. The van der Waals surface area contributed by atoms with Crippen molar-refractivity contribution in [2.75, 3.05) is 26.8 Å². The molecule has 0 aromatic heterocycles. The van der Waals surface area contributed by atoms with Crippen LogP contribution in [0.1, 0.15) is 87.5 Å². The topological polar surface area (TPSA) is 76.7 Å². The summed E-state index contributed by atoms with van der Waals surface area (Å²) >= 11 is 0. The zero-order chi connectivity index (χ0) is 22.2. The van der Waals surface area contributed by atoms with Gasteiger partial charge in [-0.1, -0.05) is 13.8 Å². The lowest BCUT2D eigenvalue weighted by molar-refractivity contribution is -0.124. The van der Waals surface area contributed by atoms with Crippen LogP contribution in [0, 0.1) is 0 Å². The summed E-state index contributed by atoms with van der Waals surface area (Å²) < 4.78 is 11.6. The van der Waals surface area contributed by atoms with E-state index in [4.69, 9.17) is 9.47 Å². The van der Waals surface area contributed by atoms with Crippen LogP contribution >= 0.6 is 0 Å². The number of hydrogen-bond donors (Lipinski definition) is 2. The number of carbonyl (C=O) groups excluding carboxylic acids is 2. The van der Waals surface area contributed by atoms with Crippen LogP contribution in [0.15, 0.2) is 0 Å². The van der Waals surface area contributed by atoms with Crippen LogP contribution < -0.4 is 10.6 Å². The third kappa shape index (κ3) is 18.4. The number of ether oxygens (including phenoxy) is 2. The molecule has 168 valence electrons. The Hall–Kier alpha value is -0.980. The molecule has 0 aromatic rings. The van der Waals surface area contributed by atoms with Gasteiger partial charge in [-0.15, -0.1) is 0 Å². The Bertz CT molecular complexity index is 417. The van der Waals surface area contributed by atoms with E-state index in [1.807, 2.05) is 48.5 Å². The molecule has 28 heavy (non-hydrogen) atoms. The van der Waals surface area contributed by atoms with Gasteiger partial charge in [-0.2, -0.15) is 0 Å². The van der Waals surface area contributed by atoms with Gasteiger partial charge < -0.3 is 20.1 Å². The standard InChI is InChI=1S/C20H40N2O4.C2H6/c1-16(23)17(21-7)10-8-9-13-22-18(24)11-14-26-20(5,6)12-15-25-19(2,3)4;1-2/h17,21H,8-15H2,1-7H3,(H,22,24);1-2H3. The smallest absolute Gasteiger partial charge is 0.222 e. The average molecular weight is 403 g/mol. The van der Waals surface area contributed by atoms with Crippen LogP contribution in [0.4, 0.5) is 0 Å². The zero-order valence-corrected chi connectivity index (χ0v) is 19.9. The predicted molar refractivity (Wildman–Crippen MR) is 117 cm³/mol. The lowest BCUT2D eigenvalue weighted by Crippen LogP contribution is -2.33. The van der Waals surface area contributed by atoms with Gasteiger partial charge in [0.2, 0.25) is 5.91 Å². The lowest BCUT2D eigenvalue weighted by Gasteiger charge is -2.27. The van der Waals surface area contributed by atoms with E-state index >= 15 is 0 Å². The predicted octanol–water partition coefficient (Wildman–Crippen LogP) is 3.87. The average Bonchev–Trinajstić information content (AvgIpc) is 2.58. The number of hydrogen-bond acceptors (Lipinski definition) is 5. The Morgan fingerprint density at radius 1 is 0.964 bits per heavy atom. The molecule has 1 amide bonds. The fraction of sp³-hybridized carbons (Fsp3) is 0.909. The second-order valence-corrected chi connectivity index (χ2v) is 8.37. The molecule has 6 nitrogen and oxygen atoms in total. The van der Waals surface area contributed by atoms with E-state index in [9.17, 15) is 9.59 Å². The molecule has 0 saturated heterocycles. The van der Waals surface area contributed by atoms with Crippen molar-refractivity contribution < 1.29 is 19.1 Å². The molecule has 0 radical (unpaired) electrons. The first-order valence-corrected chi connectivity index (χ1v) is 10.7. The molecule has 0 aliphatic heterocycles. The maximum Gasteiger partial charge on any atom is 0.222 e. The van der Waals surface area contributed by atoms with Gasteiger partial charge >= 0.3 is 0 Å². The fourth-order valence-electron chi connectivity index (χ4n) is 2.44. The first kappa shape index (κ1) is 29.2. The number of rotatable bonds is 14. The van der Waals surface area contributed by atoms with Crippen LogP contribution in [-0.4, -0.2) is 55.7 Å². The minimum Gasteiger partial charge on any atom is -0.376 e. The number of carbonyl (C=O) groups is 2. The summed E-state index contributed by atoms with van der Waals surface area (Å²) in [6, 6.07) is -0.0800. The first-order valence-electron chi connectivity index (χ1n) is 10.7. The fourth-order valence-corrected chi connectivity index (χ4v) is 2.44. The van der Waals surface area contributed by atoms with Gasteiger partial charge in [-0.05, 0) is 74.3 Å². The molecule has 0 heterocycles. The Labute approximate surface area is 173 Å². The van der Waals surface area contributed by atoms with Crippen LogP contribution in [0.25, 0.3) is 0 Å². The van der Waals surface area contributed by atoms with Crippen molar-refractivity contribution >= 4 is 11.7 Å². The second kappa shape index (κ2) is 15.9. The van der Waals surface area contributed by atoms with Crippen molar-refractivity contribution in [3.63, 3.8) is 0 Å². The summed E-state index contributed by atoms with van der Waals surface area (Å²) in [7, 11) is 1.80. The van der Waals surface area contributed by atoms with Crippen molar-refractivity contribution in [3.05, 3.63) is 0 Å². The SMILES string of the molecule is CC.CNC(CCCCNC(=O)CCOC(C)(C)CCOC(C)(C)C)C(C)=O. The van der Waals surface area contributed by atoms with Gasteiger partial charge in [-0.3, -0.25) is 9.59 Å². The number of ketones is 1. The Morgan fingerprint density at radius 3 is 2.07 bits per heavy atom. The second-order valence-electron chi connectivity index (χ2n) is 8.37. The van der Waals surface area contributed by atoms with E-state index in [1.165, 1.54) is 0 Å². The van der Waals surface area contributed by atoms with Crippen molar-refractivity contribution in [3.8, 4) is 0 Å². The largest absolute Gasteiger partial charge is 0.376 e. The molecule has 0 saturated carbocycles. The van der Waals surface area contributed by atoms with Crippen molar-refractivity contribution in [1.82, 2.24) is 10.6 Å². The highest BCUT2D eigenvalue weighted by molar-refractivity contribution is 5.81. The highest BCUT2D eigenvalue weighted by Gasteiger charge is 2.20. The van der Waals surface area contributed by atoms with E-state index in [1.54, 1.807) is 14.0 Å². The molecule has 0 spiro atoms. The molecule has 0 aromatic carbocycles. The van der Waals surface area contributed by atoms with Gasteiger partial charge in [0.05, 0.1) is 23.9 Å². The van der Waals surface area contributed by atoms with E-state index in [-0.39, 0.29) is 28.9 Å². The van der Waals surface area contributed by atoms with Crippen LogP contribution in [0.3, 0.4) is 0 Å². The minimum atomic E-state index is -0.305. The molecular weight excluding hydrogens is 356 g/mol. The highest BCUT2D eigenvalue weighted by Crippen LogP contribution is 2.17. The van der Waals surface area contributed by atoms with Crippen molar-refractivity contribution in [2.45, 2.75) is 105 Å². The third-order valence-corrected chi connectivity index (χ3v) is 4.14. The molecule has 0 aliphatic carbocycles. The van der Waals surface area contributed by atoms with Crippen molar-refractivity contribution in [2.24, 2.45) is 0 Å². The summed E-state index contributed by atoms with van der Waals surface area (Å²) in [5, 5.41) is 5.91. The number of amides is 1. The monoisotopic (exact) mass is 402 g/mol. The Kier molecular flexibility index (Phi) is 16.6. The quantitative estimate of drug-likeness (QED) is 0.431. The number of nitrogens with one attached hydrogen (secondary N) is 2. The van der Waals surface area contributed by atoms with E-state index in [2.05, 4.69) is 10.6 Å². The molecule has 0 fully saturated rings. The molecule has 1 unspecified atom stereocenters. The Morgan fingerprint density at radius 2 is 1.57 bits per heavy atom. The van der Waals surface area contributed by atoms with Gasteiger partial charge in [0.15, 0.2) is 0 Å². The van der Waals surface area contributed by atoms with Crippen LogP contribution in [0.5, 0.6) is 0 Å². The molecule has 1 atom stereocenters. The summed E-state index contributed by atoms with van der Waals surface area (Å²) in [5.74, 6) is 0.160. The minimum absolute atomic E-state index is 0.00322. The molecule has 0 rings (SSSR count). The molecular formula is C22H46N2O4. The van der Waals surface area contributed by atoms with Gasteiger partial charge in [0.1, 0.15) is 5.78 Å². The molecule has 0 aliphatic rings. The summed E-state index contributed by atoms with van der Waals surface area (Å²) in [6.45, 7) is 17.4. The highest BCUT2D eigenvalue weighted by atomic mass is 16.5. The summed E-state index contributed by atoms with van der Waals surface area (Å²) in [4.78, 5) is 23.2. The van der Waals surface area contributed by atoms with Crippen molar-refractivity contribution in [1.29, 1.82) is 0 Å². The Balaban J connectivity index is 0. The number of Topliss-reactive ketones (excluding diaryl/α,β-unsaturated/α-hetero) is 1. The van der Waals surface area contributed by atoms with Gasteiger partial charge in [-0.25, -0.2) is 0 Å². The molecule has 0 bridgehead atoms. The zero-order valence-electron chi connectivity index (χ0n) is 19.9. The van der Waals surface area contributed by atoms with E-state index in [0.29, 0.717) is 26.2 Å². The maximum absolute atomic E-state index is 11.9. The van der Waals surface area contributed by atoms with Gasteiger partial charge in [0.25, 0.3) is 0 Å². The van der Waals surface area contributed by atoms with Gasteiger partial charge in [0, 0.05) is 19.6 Å². The summed E-state index contributed by atoms with van der Waals surface area (Å²) in [6.07, 6.45) is 3.72. The molecule has 2 N–H and O–H groups in total. The maximum atomic E-state index is 11.9. The molecule has 6 heteroatoms. The normalized spacial score (nSPS) is 12.8. The number of unbranched alkanes of at least 4 members (excludes halogenated alkanes) is 1. The number of likely N-dealkylation sites (N-methyl/N-ethyl adjacent to an activating group) is 1. The van der Waals surface area contributed by atoms with E-state index in [0.717, 1.165) is 25.7 Å².